The first-order chi connectivity index (χ1) is 6.38. The molecule has 64 valence electrons. The molecule has 0 saturated carbocycles. The maximum absolute atomic E-state index is 4.21. The van der Waals surface area contributed by atoms with Crippen molar-refractivity contribution in [2.75, 3.05) is 0 Å². The highest BCUT2D eigenvalue weighted by molar-refractivity contribution is 5.27. The first-order valence-electron chi connectivity index (χ1n) is 4.13. The fourth-order valence-corrected chi connectivity index (χ4v) is 1.68. The number of rotatable bonds is 0. The Morgan fingerprint density at radius 2 is 2.46 bits per heavy atom. The van der Waals surface area contributed by atoms with Crippen molar-refractivity contribution in [1.29, 1.82) is 0 Å². The van der Waals surface area contributed by atoms with Gasteiger partial charge in [-0.05, 0) is 12.0 Å². The van der Waals surface area contributed by atoms with Crippen LogP contribution < -0.4 is 4.68 Å². The van der Waals surface area contributed by atoms with E-state index >= 15 is 0 Å². The molecule has 0 radical (unpaired) electrons. The number of fused-ring (bicyclic) bond motifs is 3. The molecule has 0 amide bonds. The van der Waals surface area contributed by atoms with Crippen molar-refractivity contribution in [1.82, 2.24) is 19.9 Å². The van der Waals surface area contributed by atoms with Gasteiger partial charge >= 0.3 is 0 Å². The number of nitrogens with zero attached hydrogens (tertiary/aromatic N) is 5. The molecule has 3 rings (SSSR count). The first-order valence-corrected chi connectivity index (χ1v) is 4.13. The highest BCUT2D eigenvalue weighted by Gasteiger charge is 2.32. The molecule has 0 bridgehead atoms. The van der Waals surface area contributed by atoms with Crippen LogP contribution in [-0.2, 0) is 0 Å². The number of aromatic nitrogens is 5. The third-order valence-electron chi connectivity index (χ3n) is 2.35. The minimum absolute atomic E-state index is 0.228. The van der Waals surface area contributed by atoms with Crippen LogP contribution in [0.5, 0.6) is 0 Å². The third-order valence-corrected chi connectivity index (χ3v) is 2.35. The summed E-state index contributed by atoms with van der Waals surface area (Å²) in [5.74, 6) is 0.931. The summed E-state index contributed by atoms with van der Waals surface area (Å²) >= 11 is 0. The molecule has 1 atom stereocenters. The first kappa shape index (κ1) is 6.71. The van der Waals surface area contributed by atoms with E-state index < -0.39 is 0 Å². The lowest BCUT2D eigenvalue weighted by Gasteiger charge is -1.96. The Bertz CT molecular complexity index is 461. The Labute approximate surface area is 74.7 Å². The van der Waals surface area contributed by atoms with E-state index in [-0.39, 0.29) is 6.04 Å². The zero-order valence-electron chi connectivity index (χ0n) is 7.12. The number of hydrogen-bond donors (Lipinski definition) is 0. The van der Waals surface area contributed by atoms with Gasteiger partial charge in [0.25, 0.3) is 5.82 Å². The third kappa shape index (κ3) is 0.708. The summed E-state index contributed by atoms with van der Waals surface area (Å²) in [7, 11) is 0. The predicted octanol–water partition coefficient (Wildman–Crippen LogP) is -0.128. The van der Waals surface area contributed by atoms with Crippen molar-refractivity contribution in [3.8, 4) is 5.82 Å². The molecule has 0 aliphatic carbocycles. The molecule has 5 heteroatoms. The molecule has 1 aliphatic heterocycles. The predicted molar refractivity (Wildman–Crippen MR) is 43.2 cm³/mol. The van der Waals surface area contributed by atoms with Gasteiger partial charge < -0.3 is 0 Å². The van der Waals surface area contributed by atoms with E-state index in [1.54, 1.807) is 12.5 Å². The molecule has 13 heavy (non-hydrogen) atoms. The van der Waals surface area contributed by atoms with Gasteiger partial charge in [-0.15, -0.1) is 4.68 Å². The molecule has 0 N–H and O–H groups in total. The average molecular weight is 174 g/mol. The summed E-state index contributed by atoms with van der Waals surface area (Å²) in [6, 6.07) is 0.228. The van der Waals surface area contributed by atoms with Crippen LogP contribution in [0.3, 0.4) is 0 Å². The lowest BCUT2D eigenvalue weighted by atomic mass is 10.2. The Balaban J connectivity index is 2.37. The van der Waals surface area contributed by atoms with E-state index in [1.807, 2.05) is 21.9 Å². The van der Waals surface area contributed by atoms with E-state index in [2.05, 4.69) is 22.0 Å². The highest BCUT2D eigenvalue weighted by Crippen LogP contribution is 2.22. The molecule has 5 nitrogen and oxygen atoms in total. The van der Waals surface area contributed by atoms with Crippen molar-refractivity contribution >= 4 is 0 Å². The summed E-state index contributed by atoms with van der Waals surface area (Å²) in [4.78, 5) is 10.1. The Kier molecular flexibility index (Phi) is 1.10. The zero-order chi connectivity index (χ0) is 8.84. The van der Waals surface area contributed by atoms with Crippen molar-refractivity contribution in [2.45, 2.75) is 13.0 Å². The molecule has 0 spiro atoms. The molecule has 1 aliphatic rings. The van der Waals surface area contributed by atoms with Crippen LogP contribution in [0.15, 0.2) is 24.9 Å². The van der Waals surface area contributed by atoms with Crippen LogP contribution in [0.2, 0.25) is 0 Å². The van der Waals surface area contributed by atoms with E-state index in [9.17, 15) is 0 Å². The van der Waals surface area contributed by atoms with Gasteiger partial charge in [-0.2, -0.15) is 0 Å². The van der Waals surface area contributed by atoms with E-state index in [4.69, 9.17) is 0 Å². The van der Waals surface area contributed by atoms with E-state index in [0.717, 1.165) is 11.4 Å². The van der Waals surface area contributed by atoms with Crippen molar-refractivity contribution < 1.29 is 4.68 Å². The second kappa shape index (κ2) is 2.12. The molecule has 3 heterocycles. The highest BCUT2D eigenvalue weighted by atomic mass is 15.6. The smallest absolute Gasteiger partial charge is 0.228 e. The normalized spacial score (nSPS) is 18.4. The van der Waals surface area contributed by atoms with Crippen LogP contribution in [0.4, 0.5) is 0 Å². The van der Waals surface area contributed by atoms with Gasteiger partial charge in [-0.25, -0.2) is 4.98 Å². The van der Waals surface area contributed by atoms with Gasteiger partial charge in [0, 0.05) is 6.20 Å². The topological polar surface area (TPSA) is 47.5 Å². The van der Waals surface area contributed by atoms with Crippen molar-refractivity contribution in [3.05, 3.63) is 30.5 Å². The van der Waals surface area contributed by atoms with Gasteiger partial charge in [0.1, 0.15) is 12.2 Å². The summed E-state index contributed by atoms with van der Waals surface area (Å²) in [5.41, 5.74) is 1.12. The minimum Gasteiger partial charge on any atom is -0.228 e. The van der Waals surface area contributed by atoms with Gasteiger partial charge in [0.05, 0.1) is 5.56 Å². The molecule has 0 saturated heterocycles. The molecule has 2 aromatic heterocycles. The quantitative estimate of drug-likeness (QED) is 0.523. The fraction of sp³-hybridized carbons (Fsp3) is 0.250. The van der Waals surface area contributed by atoms with Gasteiger partial charge in [0.15, 0.2) is 12.5 Å². The standard InChI is InChI=1S/C8H8N5/c1-6-7-4-9-5-10-8(7)12-3-2-11-13(6)12/h2-6H,1H3/q+1. The molecular weight excluding hydrogens is 166 g/mol. The lowest BCUT2D eigenvalue weighted by Crippen LogP contribution is -2.37. The Morgan fingerprint density at radius 3 is 3.38 bits per heavy atom. The van der Waals surface area contributed by atoms with Crippen LogP contribution >= 0.6 is 0 Å². The second-order valence-electron chi connectivity index (χ2n) is 3.06. The van der Waals surface area contributed by atoms with E-state index in [1.165, 1.54) is 0 Å². The van der Waals surface area contributed by atoms with Crippen molar-refractivity contribution in [2.24, 2.45) is 0 Å². The van der Waals surface area contributed by atoms with Crippen molar-refractivity contribution in [3.63, 3.8) is 0 Å². The van der Waals surface area contributed by atoms with Gasteiger partial charge in [0.2, 0.25) is 0 Å². The molecule has 0 fully saturated rings. The average Bonchev–Trinajstić information content (AvgIpc) is 2.72. The largest absolute Gasteiger partial charge is 0.293 e. The van der Waals surface area contributed by atoms with Gasteiger partial charge in [-0.1, -0.05) is 9.78 Å². The maximum atomic E-state index is 4.21. The summed E-state index contributed by atoms with van der Waals surface area (Å²) in [6.07, 6.45) is 7.06. The zero-order valence-corrected chi connectivity index (χ0v) is 7.12. The Morgan fingerprint density at radius 1 is 1.54 bits per heavy atom. The van der Waals surface area contributed by atoms with Crippen LogP contribution in [-0.4, -0.2) is 19.9 Å². The summed E-state index contributed by atoms with van der Waals surface area (Å²) in [6.45, 7) is 2.08. The molecule has 2 aromatic rings. The van der Waals surface area contributed by atoms with Crippen LogP contribution in [0, 0.1) is 0 Å². The summed E-state index contributed by atoms with van der Waals surface area (Å²) in [5, 5.41) is 4.20. The molecule has 1 unspecified atom stereocenters. The second-order valence-corrected chi connectivity index (χ2v) is 3.06. The molecule has 0 aromatic carbocycles. The monoisotopic (exact) mass is 174 g/mol. The van der Waals surface area contributed by atoms with Crippen LogP contribution in [0.1, 0.15) is 18.5 Å². The van der Waals surface area contributed by atoms with E-state index in [0.29, 0.717) is 0 Å². The van der Waals surface area contributed by atoms with Gasteiger partial charge in [-0.3, -0.25) is 0 Å². The lowest BCUT2D eigenvalue weighted by molar-refractivity contribution is -0.686. The fourth-order valence-electron chi connectivity index (χ4n) is 1.68. The Hall–Kier alpha value is -1.78. The number of hydrogen-bond acceptors (Lipinski definition) is 3. The van der Waals surface area contributed by atoms with Crippen LogP contribution in [0.25, 0.3) is 5.82 Å². The summed E-state index contributed by atoms with van der Waals surface area (Å²) < 4.78 is 1.93. The SMILES string of the molecule is CC1c2cncnc2-[n+]2ccnn21. The minimum atomic E-state index is 0.228. The molecular formula is C8H8N5+. The maximum Gasteiger partial charge on any atom is 0.293 e.